The molecule has 24 heavy (non-hydrogen) atoms. The van der Waals surface area contributed by atoms with Crippen LogP contribution in [0.1, 0.15) is 26.2 Å². The summed E-state index contributed by atoms with van der Waals surface area (Å²) >= 11 is 6.14. The molecule has 0 saturated carbocycles. The fraction of sp³-hybridized carbons (Fsp3) is 0.368. The number of nitrogens with zero attached hydrogens (tertiary/aromatic N) is 4. The van der Waals surface area contributed by atoms with Crippen molar-refractivity contribution >= 4 is 23.1 Å². The van der Waals surface area contributed by atoms with E-state index in [1.807, 2.05) is 41.0 Å². The van der Waals surface area contributed by atoms with E-state index in [0.717, 1.165) is 46.8 Å². The zero-order valence-electron chi connectivity index (χ0n) is 13.8. The largest absolute Gasteiger partial charge is 0.355 e. The lowest BCUT2D eigenvalue weighted by Crippen LogP contribution is -2.35. The molecule has 1 fully saturated rings. The van der Waals surface area contributed by atoms with E-state index in [2.05, 4.69) is 22.9 Å². The van der Waals surface area contributed by atoms with Crippen molar-refractivity contribution in [3.05, 3.63) is 47.6 Å². The minimum atomic E-state index is 0.723. The molecule has 3 heterocycles. The van der Waals surface area contributed by atoms with Crippen LogP contribution < -0.4 is 4.90 Å². The minimum Gasteiger partial charge on any atom is -0.355 e. The maximum Gasteiger partial charge on any atom is 0.154 e. The maximum atomic E-state index is 6.14. The van der Waals surface area contributed by atoms with Gasteiger partial charge in [-0.1, -0.05) is 37.1 Å². The highest BCUT2D eigenvalue weighted by atomic mass is 35.5. The summed E-state index contributed by atoms with van der Waals surface area (Å²) in [5.41, 5.74) is 2.86. The van der Waals surface area contributed by atoms with Crippen LogP contribution in [0.4, 0.5) is 5.82 Å². The van der Waals surface area contributed by atoms with E-state index in [1.54, 1.807) is 0 Å². The summed E-state index contributed by atoms with van der Waals surface area (Å²) in [6, 6.07) is 12.0. The van der Waals surface area contributed by atoms with E-state index < -0.39 is 0 Å². The first-order chi connectivity index (χ1) is 11.7. The van der Waals surface area contributed by atoms with Gasteiger partial charge in [0.2, 0.25) is 0 Å². The summed E-state index contributed by atoms with van der Waals surface area (Å²) in [5.74, 6) is 1.80. The number of fused-ring (bicyclic) bond motifs is 1. The Morgan fingerprint density at radius 1 is 1.25 bits per heavy atom. The van der Waals surface area contributed by atoms with Crippen LogP contribution in [-0.2, 0) is 0 Å². The van der Waals surface area contributed by atoms with Crippen LogP contribution >= 0.6 is 11.6 Å². The van der Waals surface area contributed by atoms with E-state index in [-0.39, 0.29) is 0 Å². The van der Waals surface area contributed by atoms with E-state index in [9.17, 15) is 0 Å². The van der Waals surface area contributed by atoms with Gasteiger partial charge in [-0.2, -0.15) is 0 Å². The molecular weight excluding hydrogens is 320 g/mol. The van der Waals surface area contributed by atoms with Gasteiger partial charge in [0.15, 0.2) is 5.65 Å². The van der Waals surface area contributed by atoms with Crippen molar-refractivity contribution in [1.29, 1.82) is 0 Å². The molecule has 2 aromatic heterocycles. The van der Waals surface area contributed by atoms with Gasteiger partial charge in [0.25, 0.3) is 0 Å². The summed E-state index contributed by atoms with van der Waals surface area (Å²) in [4.78, 5) is 6.88. The summed E-state index contributed by atoms with van der Waals surface area (Å²) in [6.45, 7) is 4.45. The smallest absolute Gasteiger partial charge is 0.154 e. The summed E-state index contributed by atoms with van der Waals surface area (Å²) in [5, 5.41) is 5.59. The normalized spacial score (nSPS) is 18.2. The van der Waals surface area contributed by atoms with Gasteiger partial charge in [-0.15, -0.1) is 5.10 Å². The first-order valence-electron chi connectivity index (χ1n) is 8.60. The van der Waals surface area contributed by atoms with Crippen molar-refractivity contribution in [2.45, 2.75) is 26.2 Å². The molecule has 4 nitrogen and oxygen atoms in total. The number of rotatable bonds is 3. The van der Waals surface area contributed by atoms with Gasteiger partial charge >= 0.3 is 0 Å². The van der Waals surface area contributed by atoms with Gasteiger partial charge in [-0.05, 0) is 43.0 Å². The molecule has 1 atom stereocenters. The highest BCUT2D eigenvalue weighted by Crippen LogP contribution is 2.26. The van der Waals surface area contributed by atoms with E-state index in [4.69, 9.17) is 16.7 Å². The molecule has 0 aliphatic carbocycles. The number of aromatic nitrogens is 3. The Balaban J connectivity index is 1.73. The lowest BCUT2D eigenvalue weighted by atomic mass is 9.96. The predicted octanol–water partition coefficient (Wildman–Crippen LogP) is 4.68. The third-order valence-electron chi connectivity index (χ3n) is 4.89. The molecule has 0 spiro atoms. The molecule has 1 aromatic carbocycles. The highest BCUT2D eigenvalue weighted by Gasteiger charge is 2.20. The number of piperidine rings is 1. The molecule has 124 valence electrons. The Bertz CT molecular complexity index is 857. The minimum absolute atomic E-state index is 0.723. The number of imidazole rings is 1. The van der Waals surface area contributed by atoms with Crippen LogP contribution in [0.5, 0.6) is 0 Å². The first kappa shape index (κ1) is 15.5. The molecular formula is C19H21ClN4. The number of hydrogen-bond acceptors (Lipinski definition) is 3. The van der Waals surface area contributed by atoms with Crippen LogP contribution in [0.25, 0.3) is 16.9 Å². The van der Waals surface area contributed by atoms with E-state index >= 15 is 0 Å². The van der Waals surface area contributed by atoms with Crippen LogP contribution in [0.2, 0.25) is 5.02 Å². The van der Waals surface area contributed by atoms with Crippen LogP contribution in [0, 0.1) is 5.92 Å². The molecule has 1 aliphatic rings. The number of anilines is 1. The SMILES string of the molecule is CCC1CCCN(c2ccc3ncc(-c4cccc(Cl)c4)n3n2)C1. The molecule has 1 aliphatic heterocycles. The van der Waals surface area contributed by atoms with Crippen LogP contribution in [0.3, 0.4) is 0 Å². The van der Waals surface area contributed by atoms with Gasteiger partial charge < -0.3 is 4.90 Å². The molecule has 0 amide bonds. The Kier molecular flexibility index (Phi) is 4.15. The summed E-state index contributed by atoms with van der Waals surface area (Å²) in [6.07, 6.45) is 5.66. The predicted molar refractivity (Wildman–Crippen MR) is 98.7 cm³/mol. The molecule has 0 radical (unpaired) electrons. The number of benzene rings is 1. The third kappa shape index (κ3) is 2.86. The Morgan fingerprint density at radius 3 is 3.00 bits per heavy atom. The lowest BCUT2D eigenvalue weighted by Gasteiger charge is -2.33. The monoisotopic (exact) mass is 340 g/mol. The van der Waals surface area contributed by atoms with Gasteiger partial charge in [-0.25, -0.2) is 9.50 Å². The average molecular weight is 341 g/mol. The van der Waals surface area contributed by atoms with Crippen molar-refractivity contribution in [3.8, 4) is 11.3 Å². The van der Waals surface area contributed by atoms with Crippen molar-refractivity contribution in [3.63, 3.8) is 0 Å². The second-order valence-corrected chi connectivity index (χ2v) is 6.91. The van der Waals surface area contributed by atoms with E-state index in [1.165, 1.54) is 19.3 Å². The fourth-order valence-corrected chi connectivity index (χ4v) is 3.67. The van der Waals surface area contributed by atoms with Crippen molar-refractivity contribution in [2.24, 2.45) is 5.92 Å². The third-order valence-corrected chi connectivity index (χ3v) is 5.12. The van der Waals surface area contributed by atoms with Crippen molar-refractivity contribution < 1.29 is 0 Å². The van der Waals surface area contributed by atoms with Gasteiger partial charge in [0.1, 0.15) is 5.82 Å². The zero-order valence-corrected chi connectivity index (χ0v) is 14.6. The summed E-state index contributed by atoms with van der Waals surface area (Å²) in [7, 11) is 0. The molecule has 0 bridgehead atoms. The molecule has 0 N–H and O–H groups in total. The molecule has 5 heteroatoms. The standard InChI is InChI=1S/C19H21ClN4/c1-2-14-5-4-10-23(13-14)19-9-8-18-21-12-17(24(18)22-19)15-6-3-7-16(20)11-15/h3,6-9,11-12,14H,2,4-5,10,13H2,1H3. The number of hydrogen-bond donors (Lipinski definition) is 0. The van der Waals surface area contributed by atoms with Crippen LogP contribution in [0.15, 0.2) is 42.6 Å². The summed E-state index contributed by atoms with van der Waals surface area (Å²) < 4.78 is 1.93. The topological polar surface area (TPSA) is 33.4 Å². The van der Waals surface area contributed by atoms with Crippen molar-refractivity contribution in [1.82, 2.24) is 14.6 Å². The zero-order chi connectivity index (χ0) is 16.5. The second kappa shape index (κ2) is 6.44. The first-order valence-corrected chi connectivity index (χ1v) is 8.98. The Morgan fingerprint density at radius 2 is 2.17 bits per heavy atom. The van der Waals surface area contributed by atoms with Gasteiger partial charge in [0.05, 0.1) is 11.9 Å². The Hall–Kier alpha value is -2.07. The van der Waals surface area contributed by atoms with Gasteiger partial charge in [0, 0.05) is 23.7 Å². The molecule has 1 saturated heterocycles. The Labute approximate surface area is 147 Å². The molecule has 4 rings (SSSR count). The maximum absolute atomic E-state index is 6.14. The molecule has 3 aromatic rings. The fourth-order valence-electron chi connectivity index (χ4n) is 3.48. The number of halogens is 1. The highest BCUT2D eigenvalue weighted by molar-refractivity contribution is 6.30. The lowest BCUT2D eigenvalue weighted by molar-refractivity contribution is 0.402. The van der Waals surface area contributed by atoms with Crippen molar-refractivity contribution in [2.75, 3.05) is 18.0 Å². The quantitative estimate of drug-likeness (QED) is 0.694. The average Bonchev–Trinajstić information content (AvgIpc) is 3.05. The van der Waals surface area contributed by atoms with E-state index in [0.29, 0.717) is 0 Å². The van der Waals surface area contributed by atoms with Crippen LogP contribution in [-0.4, -0.2) is 27.7 Å². The molecule has 1 unspecified atom stereocenters. The van der Waals surface area contributed by atoms with Gasteiger partial charge in [-0.3, -0.25) is 0 Å². The second-order valence-electron chi connectivity index (χ2n) is 6.48.